The summed E-state index contributed by atoms with van der Waals surface area (Å²) in [6, 6.07) is 2.24. The van der Waals surface area contributed by atoms with Crippen molar-refractivity contribution >= 4 is 33.3 Å². The second-order valence-electron chi connectivity index (χ2n) is 2.18. The van der Waals surface area contributed by atoms with Gasteiger partial charge in [0.1, 0.15) is 5.75 Å². The topological polar surface area (TPSA) is 74.6 Å². The van der Waals surface area contributed by atoms with E-state index in [1.807, 2.05) is 0 Å². The number of phenols is 1. The minimum absolute atomic E-state index is 0.0629. The van der Waals surface area contributed by atoms with E-state index in [0.29, 0.717) is 0 Å². The van der Waals surface area contributed by atoms with E-state index < -0.39 is 25.8 Å². The van der Waals surface area contributed by atoms with Gasteiger partial charge in [-0.3, -0.25) is 4.55 Å². The molecule has 1 aromatic rings. The van der Waals surface area contributed by atoms with Crippen LogP contribution in [0, 0.1) is 0 Å². The summed E-state index contributed by atoms with van der Waals surface area (Å²) >= 11 is 10.9. The monoisotopic (exact) mass is 242 g/mol. The Bertz CT molecular complexity index is 440. The molecule has 0 aliphatic carbocycles. The predicted octanol–water partition coefficient (Wildman–Crippen LogP) is 1.95. The third-order valence-corrected chi connectivity index (χ3v) is 3.13. The van der Waals surface area contributed by atoms with Crippen molar-refractivity contribution in [3.8, 4) is 5.75 Å². The third kappa shape index (κ3) is 2.05. The molecule has 0 unspecified atom stereocenters. The molecular formula is C6H4Cl2O4S. The Hall–Kier alpha value is -0.490. The summed E-state index contributed by atoms with van der Waals surface area (Å²) in [5, 5.41) is 8.61. The Morgan fingerprint density at radius 2 is 1.77 bits per heavy atom. The summed E-state index contributed by atoms with van der Waals surface area (Å²) in [6.45, 7) is 0. The van der Waals surface area contributed by atoms with Crippen molar-refractivity contribution < 1.29 is 18.1 Å². The highest BCUT2D eigenvalue weighted by Gasteiger charge is 2.21. The summed E-state index contributed by atoms with van der Waals surface area (Å²) in [5.74, 6) is -0.642. The maximum Gasteiger partial charge on any atom is 0.299 e. The molecule has 1 aromatic carbocycles. The summed E-state index contributed by atoms with van der Waals surface area (Å²) < 4.78 is 30.0. The molecule has 0 aliphatic heterocycles. The van der Waals surface area contributed by atoms with Crippen LogP contribution in [0.25, 0.3) is 0 Å². The van der Waals surface area contributed by atoms with Crippen molar-refractivity contribution in [1.29, 1.82) is 0 Å². The molecule has 1 rings (SSSR count). The Morgan fingerprint density at radius 3 is 2.15 bits per heavy atom. The largest absolute Gasteiger partial charge is 0.506 e. The van der Waals surface area contributed by atoms with Gasteiger partial charge >= 0.3 is 0 Å². The molecular weight excluding hydrogens is 239 g/mol. The van der Waals surface area contributed by atoms with Gasteiger partial charge in [-0.1, -0.05) is 23.2 Å². The van der Waals surface area contributed by atoms with Gasteiger partial charge in [0.25, 0.3) is 10.1 Å². The highest BCUT2D eigenvalue weighted by molar-refractivity contribution is 7.86. The second kappa shape index (κ2) is 3.34. The number of phenolic OH excluding ortho intramolecular Hbond substituents is 1. The third-order valence-electron chi connectivity index (χ3n) is 1.29. The number of hydrogen-bond donors (Lipinski definition) is 2. The van der Waals surface area contributed by atoms with E-state index in [1.165, 1.54) is 6.07 Å². The molecule has 72 valence electrons. The molecule has 0 amide bonds. The van der Waals surface area contributed by atoms with Gasteiger partial charge < -0.3 is 5.11 Å². The number of rotatable bonds is 1. The van der Waals surface area contributed by atoms with Gasteiger partial charge in [0, 0.05) is 0 Å². The van der Waals surface area contributed by atoms with E-state index in [1.54, 1.807) is 0 Å². The molecule has 0 bridgehead atoms. The van der Waals surface area contributed by atoms with Gasteiger partial charge in [0.15, 0.2) is 4.90 Å². The van der Waals surface area contributed by atoms with Crippen molar-refractivity contribution in [3.63, 3.8) is 0 Å². The molecule has 0 aliphatic rings. The van der Waals surface area contributed by atoms with Crippen LogP contribution < -0.4 is 0 Å². The SMILES string of the molecule is O=S(=O)(O)c1c(O)ccc(Cl)c1Cl. The van der Waals surface area contributed by atoms with Crippen LogP contribution in [0.2, 0.25) is 10.0 Å². The van der Waals surface area contributed by atoms with Crippen LogP contribution >= 0.6 is 23.2 Å². The summed E-state index contributed by atoms with van der Waals surface area (Å²) in [5.41, 5.74) is 0. The van der Waals surface area contributed by atoms with Crippen molar-refractivity contribution in [3.05, 3.63) is 22.2 Å². The predicted molar refractivity (Wildman–Crippen MR) is 47.9 cm³/mol. The van der Waals surface area contributed by atoms with Crippen molar-refractivity contribution in [2.45, 2.75) is 4.90 Å². The molecule has 7 heteroatoms. The quantitative estimate of drug-likeness (QED) is 0.739. The highest BCUT2D eigenvalue weighted by Crippen LogP contribution is 2.35. The minimum Gasteiger partial charge on any atom is -0.506 e. The van der Waals surface area contributed by atoms with Crippen LogP contribution in [0.3, 0.4) is 0 Å². The molecule has 0 saturated carbocycles. The normalized spacial score (nSPS) is 11.6. The Balaban J connectivity index is 3.62. The number of aromatic hydroxyl groups is 1. The van der Waals surface area contributed by atoms with E-state index in [4.69, 9.17) is 32.9 Å². The van der Waals surface area contributed by atoms with Crippen LogP contribution in [0.1, 0.15) is 0 Å². The molecule has 0 saturated heterocycles. The van der Waals surface area contributed by atoms with Crippen molar-refractivity contribution in [2.24, 2.45) is 0 Å². The first kappa shape index (κ1) is 10.6. The molecule has 0 radical (unpaired) electrons. The van der Waals surface area contributed by atoms with Gasteiger partial charge in [-0.15, -0.1) is 0 Å². The van der Waals surface area contributed by atoms with Crippen LogP contribution in [0.4, 0.5) is 0 Å². The average molecular weight is 243 g/mol. The fourth-order valence-corrected chi connectivity index (χ4v) is 2.10. The van der Waals surface area contributed by atoms with E-state index in [-0.39, 0.29) is 5.02 Å². The Kier molecular flexibility index (Phi) is 2.72. The fourth-order valence-electron chi connectivity index (χ4n) is 0.767. The molecule has 0 fully saturated rings. The number of hydrogen-bond acceptors (Lipinski definition) is 3. The molecule has 0 aromatic heterocycles. The van der Waals surface area contributed by atoms with E-state index in [9.17, 15) is 8.42 Å². The zero-order chi connectivity index (χ0) is 10.2. The van der Waals surface area contributed by atoms with E-state index in [0.717, 1.165) is 6.07 Å². The zero-order valence-electron chi connectivity index (χ0n) is 6.03. The molecule has 0 atom stereocenters. The maximum absolute atomic E-state index is 10.7. The van der Waals surface area contributed by atoms with Gasteiger partial charge in [-0.25, -0.2) is 0 Å². The summed E-state index contributed by atoms with van der Waals surface area (Å²) in [6.07, 6.45) is 0. The number of benzene rings is 1. The van der Waals surface area contributed by atoms with Gasteiger partial charge in [0.2, 0.25) is 0 Å². The average Bonchev–Trinajstić information content (AvgIpc) is 1.95. The molecule has 0 spiro atoms. The maximum atomic E-state index is 10.7. The lowest BCUT2D eigenvalue weighted by atomic mass is 10.3. The summed E-state index contributed by atoms with van der Waals surface area (Å²) in [4.78, 5) is -0.776. The van der Waals surface area contributed by atoms with Gasteiger partial charge in [-0.2, -0.15) is 8.42 Å². The first-order valence-corrected chi connectivity index (χ1v) is 5.18. The first-order valence-electron chi connectivity index (χ1n) is 2.98. The lowest BCUT2D eigenvalue weighted by molar-refractivity contribution is 0.443. The van der Waals surface area contributed by atoms with Crippen LogP contribution in [0.15, 0.2) is 17.0 Å². The fraction of sp³-hybridized carbons (Fsp3) is 0. The number of halogens is 2. The van der Waals surface area contributed by atoms with Crippen molar-refractivity contribution in [1.82, 2.24) is 0 Å². The van der Waals surface area contributed by atoms with Gasteiger partial charge in [-0.05, 0) is 12.1 Å². The van der Waals surface area contributed by atoms with Gasteiger partial charge in [0.05, 0.1) is 10.0 Å². The molecule has 0 heterocycles. The smallest absolute Gasteiger partial charge is 0.299 e. The lowest BCUT2D eigenvalue weighted by Gasteiger charge is -2.04. The summed E-state index contributed by atoms with van der Waals surface area (Å²) in [7, 11) is -4.55. The molecule has 4 nitrogen and oxygen atoms in total. The van der Waals surface area contributed by atoms with Crippen LogP contribution in [-0.2, 0) is 10.1 Å². The van der Waals surface area contributed by atoms with Crippen molar-refractivity contribution in [2.75, 3.05) is 0 Å². The lowest BCUT2D eigenvalue weighted by Crippen LogP contribution is -1.99. The Morgan fingerprint density at radius 1 is 1.23 bits per heavy atom. The van der Waals surface area contributed by atoms with Crippen LogP contribution in [0.5, 0.6) is 5.75 Å². The van der Waals surface area contributed by atoms with E-state index in [2.05, 4.69) is 0 Å². The van der Waals surface area contributed by atoms with E-state index >= 15 is 0 Å². The van der Waals surface area contributed by atoms with Crippen LogP contribution in [-0.4, -0.2) is 18.1 Å². The first-order chi connectivity index (χ1) is 5.84. The standard InChI is InChI=1S/C6H4Cl2O4S/c7-3-1-2-4(9)6(5(3)8)13(10,11)12/h1-2,9H,(H,10,11,12). The highest BCUT2D eigenvalue weighted by atomic mass is 35.5. The second-order valence-corrected chi connectivity index (χ2v) is 4.33. The minimum atomic E-state index is -4.55. The molecule has 2 N–H and O–H groups in total. The molecule has 13 heavy (non-hydrogen) atoms. The Labute approximate surface area is 84.5 Å². The zero-order valence-corrected chi connectivity index (χ0v) is 8.36.